The van der Waals surface area contributed by atoms with Crippen molar-refractivity contribution in [1.29, 1.82) is 0 Å². The molecule has 0 atom stereocenters. The summed E-state index contributed by atoms with van der Waals surface area (Å²) < 4.78 is 1.21. The number of hydrogen-bond donors (Lipinski definition) is 1. The normalized spacial score (nSPS) is 22.7. The van der Waals surface area contributed by atoms with Gasteiger partial charge in [0.05, 0.1) is 5.69 Å². The zero-order chi connectivity index (χ0) is 12.6. The summed E-state index contributed by atoms with van der Waals surface area (Å²) in [6.45, 7) is 2.37. The van der Waals surface area contributed by atoms with Crippen LogP contribution in [0.1, 0.15) is 44.1 Å². The van der Waals surface area contributed by atoms with E-state index in [9.17, 15) is 0 Å². The molecule has 2 N–H and O–H groups in total. The van der Waals surface area contributed by atoms with Crippen LogP contribution in [0.4, 0.5) is 5.69 Å². The second-order valence-corrected chi connectivity index (χ2v) is 6.58. The van der Waals surface area contributed by atoms with Crippen molar-refractivity contribution in [3.63, 3.8) is 0 Å². The summed E-state index contributed by atoms with van der Waals surface area (Å²) in [6, 6.07) is 6.74. The molecule has 1 aromatic rings. The Kier molecular flexibility index (Phi) is 3.37. The van der Waals surface area contributed by atoms with Gasteiger partial charge in [-0.05, 0) is 59.3 Å². The first-order valence-corrected chi connectivity index (χ1v) is 7.82. The number of anilines is 1. The minimum atomic E-state index is -0.0773. The van der Waals surface area contributed by atoms with Gasteiger partial charge in [-0.15, -0.1) is 0 Å². The molecule has 1 heterocycles. The van der Waals surface area contributed by atoms with Gasteiger partial charge in [-0.25, -0.2) is 0 Å². The van der Waals surface area contributed by atoms with Crippen molar-refractivity contribution in [3.8, 4) is 0 Å². The van der Waals surface area contributed by atoms with Gasteiger partial charge in [0.2, 0.25) is 0 Å². The van der Waals surface area contributed by atoms with Crippen LogP contribution in [0.15, 0.2) is 22.7 Å². The summed E-state index contributed by atoms with van der Waals surface area (Å²) in [5.41, 5.74) is 9.07. The molecule has 3 rings (SSSR count). The van der Waals surface area contributed by atoms with Crippen molar-refractivity contribution in [2.24, 2.45) is 5.73 Å². The van der Waals surface area contributed by atoms with Crippen LogP contribution >= 0.6 is 15.9 Å². The highest BCUT2D eigenvalue weighted by Gasteiger charge is 2.31. The van der Waals surface area contributed by atoms with E-state index in [1.54, 1.807) is 0 Å². The zero-order valence-electron chi connectivity index (χ0n) is 10.8. The third-order valence-corrected chi connectivity index (χ3v) is 5.10. The number of hydrogen-bond acceptors (Lipinski definition) is 2. The van der Waals surface area contributed by atoms with Crippen LogP contribution < -0.4 is 10.6 Å². The van der Waals surface area contributed by atoms with Crippen molar-refractivity contribution >= 4 is 21.6 Å². The molecular formula is C15H21BrN2. The van der Waals surface area contributed by atoms with Crippen molar-refractivity contribution in [3.05, 3.63) is 28.2 Å². The lowest BCUT2D eigenvalue weighted by molar-refractivity contribution is 0.461. The second-order valence-electron chi connectivity index (χ2n) is 5.72. The molecule has 2 aliphatic rings. The second kappa shape index (κ2) is 4.86. The lowest BCUT2D eigenvalue weighted by Crippen LogP contribution is -2.33. The molecule has 0 radical (unpaired) electrons. The van der Waals surface area contributed by atoms with Gasteiger partial charge >= 0.3 is 0 Å². The fourth-order valence-corrected chi connectivity index (χ4v) is 3.96. The molecule has 1 aromatic carbocycles. The Labute approximate surface area is 118 Å². The molecule has 3 heteroatoms. The van der Waals surface area contributed by atoms with E-state index in [-0.39, 0.29) is 5.54 Å². The number of benzene rings is 1. The Morgan fingerprint density at radius 2 is 1.72 bits per heavy atom. The van der Waals surface area contributed by atoms with Crippen molar-refractivity contribution in [2.45, 2.75) is 44.1 Å². The van der Waals surface area contributed by atoms with E-state index >= 15 is 0 Å². The van der Waals surface area contributed by atoms with Crippen LogP contribution in [0.5, 0.6) is 0 Å². The van der Waals surface area contributed by atoms with Gasteiger partial charge in [-0.3, -0.25) is 0 Å². The fourth-order valence-electron chi connectivity index (χ4n) is 3.33. The van der Waals surface area contributed by atoms with Crippen molar-refractivity contribution < 1.29 is 0 Å². The van der Waals surface area contributed by atoms with E-state index in [0.29, 0.717) is 0 Å². The maximum absolute atomic E-state index is 6.52. The molecular weight excluding hydrogens is 288 g/mol. The lowest BCUT2D eigenvalue weighted by Gasteiger charge is -2.26. The van der Waals surface area contributed by atoms with Crippen molar-refractivity contribution in [1.82, 2.24) is 0 Å². The van der Waals surface area contributed by atoms with Gasteiger partial charge in [0, 0.05) is 23.1 Å². The molecule has 18 heavy (non-hydrogen) atoms. The minimum absolute atomic E-state index is 0.0773. The minimum Gasteiger partial charge on any atom is -0.371 e. The standard InChI is InChI=1S/C15H21BrN2/c16-13-11-12(15(17)7-1-2-8-15)5-6-14(13)18-9-3-4-10-18/h5-6,11H,1-4,7-10,17H2. The predicted octanol–water partition coefficient (Wildman–Crippen LogP) is 3.78. The molecule has 2 fully saturated rings. The molecule has 0 aromatic heterocycles. The summed E-state index contributed by atoms with van der Waals surface area (Å²) in [5, 5.41) is 0. The maximum atomic E-state index is 6.52. The third-order valence-electron chi connectivity index (χ3n) is 4.47. The zero-order valence-corrected chi connectivity index (χ0v) is 12.4. The molecule has 0 amide bonds. The Hall–Kier alpha value is -0.540. The summed E-state index contributed by atoms with van der Waals surface area (Å²) in [5.74, 6) is 0. The average molecular weight is 309 g/mol. The lowest BCUT2D eigenvalue weighted by atomic mass is 9.89. The first-order chi connectivity index (χ1) is 8.69. The first kappa shape index (κ1) is 12.5. The molecule has 0 unspecified atom stereocenters. The fraction of sp³-hybridized carbons (Fsp3) is 0.600. The highest BCUT2D eigenvalue weighted by atomic mass is 79.9. The first-order valence-electron chi connectivity index (χ1n) is 7.03. The van der Waals surface area contributed by atoms with Gasteiger partial charge in [0.25, 0.3) is 0 Å². The highest BCUT2D eigenvalue weighted by Crippen LogP contribution is 2.39. The quantitative estimate of drug-likeness (QED) is 0.901. The molecule has 0 bridgehead atoms. The summed E-state index contributed by atoms with van der Waals surface area (Å²) >= 11 is 3.73. The van der Waals surface area contributed by atoms with Crippen LogP contribution in [-0.2, 0) is 5.54 Å². The SMILES string of the molecule is NC1(c2ccc(N3CCCC3)c(Br)c2)CCCC1. The van der Waals surface area contributed by atoms with E-state index < -0.39 is 0 Å². The van der Waals surface area contributed by atoms with Crippen LogP contribution in [-0.4, -0.2) is 13.1 Å². The highest BCUT2D eigenvalue weighted by molar-refractivity contribution is 9.10. The summed E-state index contributed by atoms with van der Waals surface area (Å²) in [4.78, 5) is 2.46. The van der Waals surface area contributed by atoms with Gasteiger partial charge in [-0.2, -0.15) is 0 Å². The van der Waals surface area contributed by atoms with E-state index in [1.165, 1.54) is 54.5 Å². The topological polar surface area (TPSA) is 29.3 Å². The largest absolute Gasteiger partial charge is 0.371 e. The Balaban J connectivity index is 1.88. The monoisotopic (exact) mass is 308 g/mol. The van der Waals surface area contributed by atoms with Crippen LogP contribution in [0.25, 0.3) is 0 Å². The molecule has 1 aliphatic heterocycles. The smallest absolute Gasteiger partial charge is 0.0510 e. The Morgan fingerprint density at radius 3 is 2.33 bits per heavy atom. The maximum Gasteiger partial charge on any atom is 0.0510 e. The predicted molar refractivity (Wildman–Crippen MR) is 79.9 cm³/mol. The molecule has 1 saturated heterocycles. The molecule has 2 nitrogen and oxygen atoms in total. The Morgan fingerprint density at radius 1 is 1.06 bits per heavy atom. The van der Waals surface area contributed by atoms with E-state index in [0.717, 1.165) is 12.8 Å². The van der Waals surface area contributed by atoms with Crippen LogP contribution in [0, 0.1) is 0 Å². The summed E-state index contributed by atoms with van der Waals surface area (Å²) in [6.07, 6.45) is 7.42. The van der Waals surface area contributed by atoms with Gasteiger partial charge in [0.1, 0.15) is 0 Å². The van der Waals surface area contributed by atoms with E-state index in [1.807, 2.05) is 0 Å². The van der Waals surface area contributed by atoms with Crippen LogP contribution in [0.3, 0.4) is 0 Å². The van der Waals surface area contributed by atoms with E-state index in [4.69, 9.17) is 5.73 Å². The molecule has 0 spiro atoms. The molecule has 1 saturated carbocycles. The van der Waals surface area contributed by atoms with Gasteiger partial charge in [-0.1, -0.05) is 18.9 Å². The Bertz CT molecular complexity index is 432. The van der Waals surface area contributed by atoms with Crippen LogP contribution in [0.2, 0.25) is 0 Å². The van der Waals surface area contributed by atoms with Gasteiger partial charge in [0.15, 0.2) is 0 Å². The number of halogens is 1. The van der Waals surface area contributed by atoms with Crippen molar-refractivity contribution in [2.75, 3.05) is 18.0 Å². The molecule has 1 aliphatic carbocycles. The number of nitrogens with two attached hydrogens (primary N) is 1. The number of nitrogens with zero attached hydrogens (tertiary/aromatic N) is 1. The van der Waals surface area contributed by atoms with Gasteiger partial charge < -0.3 is 10.6 Å². The number of rotatable bonds is 2. The van der Waals surface area contributed by atoms with E-state index in [2.05, 4.69) is 39.0 Å². The third kappa shape index (κ3) is 2.19. The molecule has 98 valence electrons. The summed E-state index contributed by atoms with van der Waals surface area (Å²) in [7, 11) is 0. The average Bonchev–Trinajstić information content (AvgIpc) is 3.00.